The molecule has 0 amide bonds. The van der Waals surface area contributed by atoms with Gasteiger partial charge in [-0.2, -0.15) is 0 Å². The number of aryl methyl sites for hydroxylation is 4. The average molecular weight is 244 g/mol. The number of aliphatic hydroxyl groups excluding tert-OH is 1. The maximum absolute atomic E-state index is 10.3. The second-order valence-electron chi connectivity index (χ2n) is 4.81. The third-order valence-corrected chi connectivity index (χ3v) is 3.44. The zero-order valence-corrected chi connectivity index (χ0v) is 11.2. The molecule has 0 radical (unpaired) electrons. The summed E-state index contributed by atoms with van der Waals surface area (Å²) >= 11 is 0. The van der Waals surface area contributed by atoms with Gasteiger partial charge in [-0.15, -0.1) is 0 Å². The van der Waals surface area contributed by atoms with Gasteiger partial charge in [0.25, 0.3) is 0 Å². The van der Waals surface area contributed by atoms with E-state index >= 15 is 0 Å². The first-order valence-corrected chi connectivity index (χ1v) is 6.30. The highest BCUT2D eigenvalue weighted by Crippen LogP contribution is 2.25. The third-order valence-electron chi connectivity index (χ3n) is 3.44. The maximum Gasteiger partial charge on any atom is 0.108 e. The second kappa shape index (κ2) is 5.36. The fourth-order valence-electron chi connectivity index (χ4n) is 2.40. The summed E-state index contributed by atoms with van der Waals surface area (Å²) in [5.74, 6) is 1.01. The topological polar surface area (TPSA) is 38.1 Å². The Kier molecular flexibility index (Phi) is 3.82. The van der Waals surface area contributed by atoms with Crippen LogP contribution in [0.4, 0.5) is 0 Å². The van der Waals surface area contributed by atoms with Gasteiger partial charge in [0.05, 0.1) is 6.10 Å². The molecule has 0 saturated carbocycles. The number of aromatic nitrogens is 2. The summed E-state index contributed by atoms with van der Waals surface area (Å²) in [6.07, 6.45) is 4.80. The standard InChI is InChI=1S/C15H20N2O/c1-11-5-4-6-12(2)15(11)13(18)7-8-14-16-9-10-17(14)3/h4-6,9-10,13,18H,7-8H2,1-3H3. The second-order valence-corrected chi connectivity index (χ2v) is 4.81. The number of benzene rings is 1. The lowest BCUT2D eigenvalue weighted by Gasteiger charge is -2.16. The Morgan fingerprint density at radius 2 is 1.94 bits per heavy atom. The minimum atomic E-state index is -0.414. The lowest BCUT2D eigenvalue weighted by molar-refractivity contribution is 0.165. The fourth-order valence-corrected chi connectivity index (χ4v) is 2.40. The van der Waals surface area contributed by atoms with Crippen LogP contribution in [-0.4, -0.2) is 14.7 Å². The van der Waals surface area contributed by atoms with Crippen molar-refractivity contribution in [2.45, 2.75) is 32.8 Å². The largest absolute Gasteiger partial charge is 0.388 e. The molecular weight excluding hydrogens is 224 g/mol. The summed E-state index contributed by atoms with van der Waals surface area (Å²) in [5, 5.41) is 10.3. The van der Waals surface area contributed by atoms with Crippen molar-refractivity contribution in [1.29, 1.82) is 0 Å². The highest BCUT2D eigenvalue weighted by atomic mass is 16.3. The molecule has 1 aromatic heterocycles. The Labute approximate surface area is 108 Å². The van der Waals surface area contributed by atoms with E-state index in [-0.39, 0.29) is 0 Å². The highest BCUT2D eigenvalue weighted by molar-refractivity contribution is 5.35. The molecule has 96 valence electrons. The molecule has 3 nitrogen and oxygen atoms in total. The van der Waals surface area contributed by atoms with Crippen LogP contribution in [0.5, 0.6) is 0 Å². The van der Waals surface area contributed by atoms with Crippen LogP contribution in [0, 0.1) is 13.8 Å². The van der Waals surface area contributed by atoms with Gasteiger partial charge in [-0.05, 0) is 37.0 Å². The molecule has 0 fully saturated rings. The lowest BCUT2D eigenvalue weighted by atomic mass is 9.95. The summed E-state index contributed by atoms with van der Waals surface area (Å²) in [6.45, 7) is 4.10. The fraction of sp³-hybridized carbons (Fsp3) is 0.400. The Balaban J connectivity index is 2.08. The predicted octanol–water partition coefficient (Wildman–Crippen LogP) is 2.70. The minimum absolute atomic E-state index is 0.414. The summed E-state index contributed by atoms with van der Waals surface area (Å²) in [4.78, 5) is 4.28. The number of aliphatic hydroxyl groups is 1. The SMILES string of the molecule is Cc1cccc(C)c1C(O)CCc1nccn1C. The van der Waals surface area contributed by atoms with Gasteiger partial charge >= 0.3 is 0 Å². The molecule has 0 bridgehead atoms. The van der Waals surface area contributed by atoms with Crippen LogP contribution in [0.25, 0.3) is 0 Å². The average Bonchev–Trinajstić information content (AvgIpc) is 2.72. The number of hydrogen-bond donors (Lipinski definition) is 1. The van der Waals surface area contributed by atoms with Crippen LogP contribution in [-0.2, 0) is 13.5 Å². The van der Waals surface area contributed by atoms with E-state index in [1.807, 2.05) is 49.9 Å². The molecule has 1 atom stereocenters. The summed E-state index contributed by atoms with van der Waals surface area (Å²) in [5.41, 5.74) is 3.37. The van der Waals surface area contributed by atoms with Crippen molar-refractivity contribution >= 4 is 0 Å². The normalized spacial score (nSPS) is 12.7. The monoisotopic (exact) mass is 244 g/mol. The van der Waals surface area contributed by atoms with Gasteiger partial charge < -0.3 is 9.67 Å². The van der Waals surface area contributed by atoms with Gasteiger partial charge in [-0.3, -0.25) is 0 Å². The van der Waals surface area contributed by atoms with Crippen LogP contribution in [0.15, 0.2) is 30.6 Å². The summed E-state index contributed by atoms with van der Waals surface area (Å²) in [7, 11) is 1.98. The quantitative estimate of drug-likeness (QED) is 0.898. The van der Waals surface area contributed by atoms with Gasteiger partial charge in [0.2, 0.25) is 0 Å². The smallest absolute Gasteiger partial charge is 0.108 e. The summed E-state index contributed by atoms with van der Waals surface area (Å²) in [6, 6.07) is 6.12. The molecule has 1 heterocycles. The highest BCUT2D eigenvalue weighted by Gasteiger charge is 2.13. The van der Waals surface area contributed by atoms with Crippen molar-refractivity contribution in [3.05, 3.63) is 53.1 Å². The van der Waals surface area contributed by atoms with Gasteiger partial charge in [-0.1, -0.05) is 18.2 Å². The molecule has 1 unspecified atom stereocenters. The van der Waals surface area contributed by atoms with Crippen molar-refractivity contribution in [3.63, 3.8) is 0 Å². The number of rotatable bonds is 4. The van der Waals surface area contributed by atoms with E-state index in [0.717, 1.165) is 28.9 Å². The van der Waals surface area contributed by atoms with Crippen molar-refractivity contribution in [3.8, 4) is 0 Å². The molecule has 18 heavy (non-hydrogen) atoms. The first kappa shape index (κ1) is 12.8. The van der Waals surface area contributed by atoms with E-state index in [4.69, 9.17) is 0 Å². The predicted molar refractivity (Wildman–Crippen MR) is 72.4 cm³/mol. The van der Waals surface area contributed by atoms with E-state index in [2.05, 4.69) is 4.98 Å². The van der Waals surface area contributed by atoms with Crippen LogP contribution in [0.3, 0.4) is 0 Å². The number of nitrogens with zero attached hydrogens (tertiary/aromatic N) is 2. The van der Waals surface area contributed by atoms with Crippen molar-refractivity contribution in [2.24, 2.45) is 7.05 Å². The van der Waals surface area contributed by atoms with Gasteiger partial charge in [-0.25, -0.2) is 4.98 Å². The van der Waals surface area contributed by atoms with E-state index in [9.17, 15) is 5.11 Å². The van der Waals surface area contributed by atoms with Crippen molar-refractivity contribution in [2.75, 3.05) is 0 Å². The van der Waals surface area contributed by atoms with Crippen molar-refractivity contribution in [1.82, 2.24) is 9.55 Å². The molecule has 0 aliphatic heterocycles. The molecule has 2 aromatic rings. The maximum atomic E-state index is 10.3. The molecule has 0 aliphatic rings. The van der Waals surface area contributed by atoms with E-state index in [0.29, 0.717) is 6.42 Å². The van der Waals surface area contributed by atoms with E-state index < -0.39 is 6.10 Å². The number of imidazole rings is 1. The number of hydrogen-bond acceptors (Lipinski definition) is 2. The molecule has 0 aliphatic carbocycles. The Bertz CT molecular complexity index is 511. The molecule has 2 rings (SSSR count). The lowest BCUT2D eigenvalue weighted by Crippen LogP contribution is -2.06. The van der Waals surface area contributed by atoms with Gasteiger partial charge in [0.15, 0.2) is 0 Å². The first-order chi connectivity index (χ1) is 8.59. The molecule has 1 aromatic carbocycles. The van der Waals surface area contributed by atoms with Crippen LogP contribution in [0.1, 0.15) is 35.0 Å². The molecule has 3 heteroatoms. The zero-order valence-electron chi connectivity index (χ0n) is 11.2. The van der Waals surface area contributed by atoms with Crippen LogP contribution >= 0.6 is 0 Å². The molecule has 0 spiro atoms. The van der Waals surface area contributed by atoms with E-state index in [1.54, 1.807) is 6.20 Å². The zero-order chi connectivity index (χ0) is 13.1. The summed E-state index contributed by atoms with van der Waals surface area (Å²) < 4.78 is 2.00. The third kappa shape index (κ3) is 2.62. The van der Waals surface area contributed by atoms with E-state index in [1.165, 1.54) is 0 Å². The van der Waals surface area contributed by atoms with Gasteiger partial charge in [0, 0.05) is 25.9 Å². The van der Waals surface area contributed by atoms with Crippen molar-refractivity contribution < 1.29 is 5.11 Å². The minimum Gasteiger partial charge on any atom is -0.388 e. The molecular formula is C15H20N2O. The van der Waals surface area contributed by atoms with Crippen LogP contribution < -0.4 is 0 Å². The Morgan fingerprint density at radius 1 is 1.28 bits per heavy atom. The van der Waals surface area contributed by atoms with Crippen LogP contribution in [0.2, 0.25) is 0 Å². The van der Waals surface area contributed by atoms with Gasteiger partial charge in [0.1, 0.15) is 5.82 Å². The molecule has 0 saturated heterocycles. The Morgan fingerprint density at radius 3 is 2.50 bits per heavy atom. The first-order valence-electron chi connectivity index (χ1n) is 6.30. The molecule has 1 N–H and O–H groups in total. The Hall–Kier alpha value is -1.61.